The fourth-order valence-electron chi connectivity index (χ4n) is 3.48. The number of likely N-dealkylation sites (N-methyl/N-ethyl adjacent to an activating group) is 1. The highest BCUT2D eigenvalue weighted by atomic mass is 32.2. The van der Waals surface area contributed by atoms with Crippen molar-refractivity contribution >= 4 is 23.4 Å². The molecular formula is C21H25N3O3S. The average Bonchev–Trinajstić information content (AvgIpc) is 3.15. The molecule has 1 N–H and O–H groups in total. The van der Waals surface area contributed by atoms with Crippen LogP contribution in [0.2, 0.25) is 0 Å². The lowest BCUT2D eigenvalue weighted by atomic mass is 10.1. The van der Waals surface area contributed by atoms with Gasteiger partial charge in [-0.2, -0.15) is 0 Å². The molecule has 1 unspecified atom stereocenters. The largest absolute Gasteiger partial charge is 0.350 e. The summed E-state index contributed by atoms with van der Waals surface area (Å²) in [5, 5.41) is 14.5. The van der Waals surface area contributed by atoms with Gasteiger partial charge < -0.3 is 5.32 Å². The normalized spacial score (nSPS) is 16.9. The summed E-state index contributed by atoms with van der Waals surface area (Å²) < 4.78 is 0. The monoisotopic (exact) mass is 399 g/mol. The van der Waals surface area contributed by atoms with E-state index in [1.807, 2.05) is 31.2 Å². The van der Waals surface area contributed by atoms with Gasteiger partial charge in [0.25, 0.3) is 11.6 Å². The molecular weight excluding hydrogens is 374 g/mol. The Kier molecular flexibility index (Phi) is 6.70. The van der Waals surface area contributed by atoms with E-state index in [0.29, 0.717) is 23.0 Å². The molecule has 0 radical (unpaired) electrons. The molecule has 1 atom stereocenters. The molecule has 0 saturated carbocycles. The summed E-state index contributed by atoms with van der Waals surface area (Å²) in [6.07, 6.45) is 2.21. The summed E-state index contributed by atoms with van der Waals surface area (Å²) >= 11 is 1.33. The second-order valence-electron chi connectivity index (χ2n) is 6.99. The predicted octanol–water partition coefficient (Wildman–Crippen LogP) is 4.27. The number of hydrogen-bond donors (Lipinski definition) is 1. The Balaban J connectivity index is 1.71. The highest BCUT2D eigenvalue weighted by Gasteiger charge is 2.24. The minimum Gasteiger partial charge on any atom is -0.350 e. The molecule has 0 aromatic heterocycles. The lowest BCUT2D eigenvalue weighted by molar-refractivity contribution is -0.387. The van der Waals surface area contributed by atoms with E-state index in [-0.39, 0.29) is 11.6 Å². The van der Waals surface area contributed by atoms with Gasteiger partial charge in [-0.15, -0.1) is 0 Å². The second kappa shape index (κ2) is 9.21. The van der Waals surface area contributed by atoms with Crippen LogP contribution in [0.3, 0.4) is 0 Å². The average molecular weight is 400 g/mol. The van der Waals surface area contributed by atoms with Crippen molar-refractivity contribution in [1.82, 2.24) is 10.2 Å². The van der Waals surface area contributed by atoms with Gasteiger partial charge in [0.05, 0.1) is 9.82 Å². The number of nitrogens with one attached hydrogen (secondary N) is 1. The molecule has 0 aliphatic carbocycles. The highest BCUT2D eigenvalue weighted by Crippen LogP contribution is 2.35. The lowest BCUT2D eigenvalue weighted by Crippen LogP contribution is -2.40. The molecule has 1 amide bonds. The SMILES string of the molecule is CCN1CCCC1CNC(=O)c1ccc(Sc2ccc(C)cc2)c([N+](=O)[O-])c1. The van der Waals surface area contributed by atoms with Crippen molar-refractivity contribution in [2.75, 3.05) is 19.6 Å². The third kappa shape index (κ3) is 4.91. The Morgan fingerprint density at radius 2 is 2.04 bits per heavy atom. The van der Waals surface area contributed by atoms with Crippen molar-refractivity contribution in [2.45, 2.75) is 42.5 Å². The van der Waals surface area contributed by atoms with Gasteiger partial charge >= 0.3 is 0 Å². The number of aryl methyl sites for hydroxylation is 1. The van der Waals surface area contributed by atoms with E-state index in [0.717, 1.165) is 36.4 Å². The van der Waals surface area contributed by atoms with Gasteiger partial charge in [-0.1, -0.05) is 36.4 Å². The molecule has 0 bridgehead atoms. The summed E-state index contributed by atoms with van der Waals surface area (Å²) in [7, 11) is 0. The predicted molar refractivity (Wildman–Crippen MR) is 111 cm³/mol. The summed E-state index contributed by atoms with van der Waals surface area (Å²) in [4.78, 5) is 27.4. The van der Waals surface area contributed by atoms with Gasteiger partial charge in [0.2, 0.25) is 0 Å². The van der Waals surface area contributed by atoms with Crippen LogP contribution in [0.5, 0.6) is 0 Å². The van der Waals surface area contributed by atoms with Gasteiger partial charge in [0, 0.05) is 29.1 Å². The van der Waals surface area contributed by atoms with Crippen LogP contribution in [0.15, 0.2) is 52.3 Å². The van der Waals surface area contributed by atoms with E-state index in [9.17, 15) is 14.9 Å². The van der Waals surface area contributed by atoms with E-state index < -0.39 is 4.92 Å². The van der Waals surface area contributed by atoms with Crippen molar-refractivity contribution in [3.8, 4) is 0 Å². The molecule has 1 heterocycles. The minimum atomic E-state index is -0.427. The molecule has 1 aliphatic rings. The summed E-state index contributed by atoms with van der Waals surface area (Å²) in [5.74, 6) is -0.266. The second-order valence-corrected chi connectivity index (χ2v) is 8.10. The van der Waals surface area contributed by atoms with E-state index in [2.05, 4.69) is 17.1 Å². The van der Waals surface area contributed by atoms with Gasteiger partial charge in [0.1, 0.15) is 0 Å². The quantitative estimate of drug-likeness (QED) is 0.556. The van der Waals surface area contributed by atoms with Crippen LogP contribution in [-0.2, 0) is 0 Å². The van der Waals surface area contributed by atoms with Crippen LogP contribution in [0.1, 0.15) is 35.7 Å². The number of carbonyl (C=O) groups is 1. The van der Waals surface area contributed by atoms with E-state index >= 15 is 0 Å². The molecule has 148 valence electrons. The molecule has 2 aromatic carbocycles. The first-order valence-electron chi connectivity index (χ1n) is 9.53. The van der Waals surface area contributed by atoms with Crippen molar-refractivity contribution in [3.05, 3.63) is 63.7 Å². The van der Waals surface area contributed by atoms with Crippen molar-refractivity contribution < 1.29 is 9.72 Å². The molecule has 1 aliphatic heterocycles. The lowest BCUT2D eigenvalue weighted by Gasteiger charge is -2.22. The maximum absolute atomic E-state index is 12.5. The molecule has 7 heteroatoms. The molecule has 0 spiro atoms. The fraction of sp³-hybridized carbons (Fsp3) is 0.381. The van der Waals surface area contributed by atoms with Crippen LogP contribution in [-0.4, -0.2) is 41.4 Å². The standard InChI is InChI=1S/C21H25N3O3S/c1-3-23-12-4-5-17(23)14-22-21(25)16-8-11-20(19(13-16)24(26)27)28-18-9-6-15(2)7-10-18/h6-11,13,17H,3-5,12,14H2,1-2H3,(H,22,25). The van der Waals surface area contributed by atoms with Crippen molar-refractivity contribution in [1.29, 1.82) is 0 Å². The first-order chi connectivity index (χ1) is 13.5. The number of carbonyl (C=O) groups excluding carboxylic acids is 1. The number of likely N-dealkylation sites (tertiary alicyclic amines) is 1. The fourth-order valence-corrected chi connectivity index (χ4v) is 4.38. The van der Waals surface area contributed by atoms with Gasteiger partial charge in [0.15, 0.2) is 0 Å². The molecule has 6 nitrogen and oxygen atoms in total. The number of nitro benzene ring substituents is 1. The van der Waals surface area contributed by atoms with Crippen molar-refractivity contribution in [3.63, 3.8) is 0 Å². The van der Waals surface area contributed by atoms with Crippen LogP contribution in [0, 0.1) is 17.0 Å². The first-order valence-corrected chi connectivity index (χ1v) is 10.3. The third-order valence-corrected chi connectivity index (χ3v) is 6.14. The topological polar surface area (TPSA) is 75.5 Å². The maximum Gasteiger partial charge on any atom is 0.284 e. The number of benzene rings is 2. The molecule has 3 rings (SSSR count). The Labute approximate surface area is 169 Å². The van der Waals surface area contributed by atoms with Gasteiger partial charge in [-0.3, -0.25) is 19.8 Å². The van der Waals surface area contributed by atoms with Crippen LogP contribution in [0.25, 0.3) is 0 Å². The Hall–Kier alpha value is -2.38. The molecule has 28 heavy (non-hydrogen) atoms. The minimum absolute atomic E-state index is 0.0470. The maximum atomic E-state index is 12.5. The Bertz CT molecular complexity index is 854. The van der Waals surface area contributed by atoms with Gasteiger partial charge in [-0.05, 0) is 57.1 Å². The van der Waals surface area contributed by atoms with Crippen molar-refractivity contribution in [2.24, 2.45) is 0 Å². The molecule has 1 saturated heterocycles. The third-order valence-electron chi connectivity index (χ3n) is 5.07. The van der Waals surface area contributed by atoms with Crippen LogP contribution in [0.4, 0.5) is 5.69 Å². The molecule has 2 aromatic rings. The number of hydrogen-bond acceptors (Lipinski definition) is 5. The van der Waals surface area contributed by atoms with Crippen LogP contribution >= 0.6 is 11.8 Å². The number of rotatable bonds is 7. The zero-order valence-corrected chi connectivity index (χ0v) is 17.0. The first kappa shape index (κ1) is 20.4. The zero-order valence-electron chi connectivity index (χ0n) is 16.2. The summed E-state index contributed by atoms with van der Waals surface area (Å²) in [5.41, 5.74) is 1.41. The van der Waals surface area contributed by atoms with Crippen LogP contribution < -0.4 is 5.32 Å². The van der Waals surface area contributed by atoms with E-state index in [1.165, 1.54) is 17.8 Å². The van der Waals surface area contributed by atoms with Gasteiger partial charge in [-0.25, -0.2) is 0 Å². The number of nitro groups is 1. The number of amides is 1. The Morgan fingerprint density at radius 3 is 2.71 bits per heavy atom. The van der Waals surface area contributed by atoms with E-state index in [1.54, 1.807) is 12.1 Å². The number of nitrogens with zero attached hydrogens (tertiary/aromatic N) is 2. The summed E-state index contributed by atoms with van der Waals surface area (Å²) in [6.45, 7) is 6.72. The Morgan fingerprint density at radius 1 is 1.29 bits per heavy atom. The smallest absolute Gasteiger partial charge is 0.284 e. The molecule has 1 fully saturated rings. The summed E-state index contributed by atoms with van der Waals surface area (Å²) in [6, 6.07) is 12.9. The zero-order chi connectivity index (χ0) is 20.1. The highest BCUT2D eigenvalue weighted by molar-refractivity contribution is 7.99. The van der Waals surface area contributed by atoms with E-state index in [4.69, 9.17) is 0 Å².